The molecule has 2 rings (SSSR count). The Morgan fingerprint density at radius 1 is 1.13 bits per heavy atom. The van der Waals surface area contributed by atoms with Crippen LogP contribution in [0.2, 0.25) is 0 Å². The Labute approximate surface area is 184 Å². The predicted molar refractivity (Wildman–Crippen MR) is 118 cm³/mol. The summed E-state index contributed by atoms with van der Waals surface area (Å²) < 4.78 is 12.1. The maximum atomic E-state index is 13.3. The smallest absolute Gasteiger partial charge is 0.354 e. The fourth-order valence-electron chi connectivity index (χ4n) is 4.00. The van der Waals surface area contributed by atoms with E-state index in [0.717, 1.165) is 25.7 Å². The van der Waals surface area contributed by atoms with Gasteiger partial charge in [-0.25, -0.2) is 4.79 Å². The fourth-order valence-corrected chi connectivity index (χ4v) is 4.00. The molecule has 0 aliphatic carbocycles. The van der Waals surface area contributed by atoms with Gasteiger partial charge in [0.15, 0.2) is 5.78 Å². The van der Waals surface area contributed by atoms with Crippen LogP contribution in [0.3, 0.4) is 0 Å². The number of carbonyl (C=O) groups is 3. The fraction of sp³-hybridized carbons (Fsp3) is 0.542. The number of carbonyl (C=O) groups excluding carboxylic acids is 3. The molecule has 31 heavy (non-hydrogen) atoms. The molecule has 0 saturated heterocycles. The van der Waals surface area contributed by atoms with Crippen molar-refractivity contribution in [3.05, 3.63) is 46.7 Å². The SMILES string of the molecule is CCCCCCC(=O)N(CC(=O)c1c(C)c(C(=O)OC)n(CC)c1C)Cc1ccco1. The van der Waals surface area contributed by atoms with Crippen molar-refractivity contribution in [1.29, 1.82) is 0 Å². The molecule has 0 aromatic carbocycles. The molecule has 0 aliphatic rings. The van der Waals surface area contributed by atoms with Crippen molar-refractivity contribution in [2.75, 3.05) is 13.7 Å². The first-order chi connectivity index (χ1) is 14.8. The number of aromatic nitrogens is 1. The standard InChI is InChI=1S/C24H34N2O5/c1-6-8-9-10-13-21(28)25(15-19-12-11-14-31-19)16-20(27)22-17(3)23(24(29)30-5)26(7-2)18(22)4/h11-12,14H,6-10,13,15-16H2,1-5H3. The van der Waals surface area contributed by atoms with Crippen LogP contribution < -0.4 is 0 Å². The number of unbranched alkanes of at least 4 members (excludes halogenated alkanes) is 3. The molecule has 2 heterocycles. The van der Waals surface area contributed by atoms with Crippen LogP contribution in [0.4, 0.5) is 0 Å². The van der Waals surface area contributed by atoms with Gasteiger partial charge >= 0.3 is 5.97 Å². The van der Waals surface area contributed by atoms with Gasteiger partial charge in [-0.15, -0.1) is 0 Å². The van der Waals surface area contributed by atoms with Gasteiger partial charge in [0.1, 0.15) is 11.5 Å². The molecule has 0 N–H and O–H groups in total. The summed E-state index contributed by atoms with van der Waals surface area (Å²) in [4.78, 5) is 40.0. The van der Waals surface area contributed by atoms with Crippen molar-refractivity contribution in [2.24, 2.45) is 0 Å². The lowest BCUT2D eigenvalue weighted by Gasteiger charge is -2.21. The molecule has 7 heteroatoms. The maximum absolute atomic E-state index is 13.3. The highest BCUT2D eigenvalue weighted by Gasteiger charge is 2.28. The van der Waals surface area contributed by atoms with Gasteiger partial charge in [0.2, 0.25) is 5.91 Å². The van der Waals surface area contributed by atoms with Crippen molar-refractivity contribution in [1.82, 2.24) is 9.47 Å². The van der Waals surface area contributed by atoms with Gasteiger partial charge in [0, 0.05) is 24.2 Å². The van der Waals surface area contributed by atoms with Gasteiger partial charge in [-0.2, -0.15) is 0 Å². The molecule has 0 atom stereocenters. The summed E-state index contributed by atoms with van der Waals surface area (Å²) in [6.45, 7) is 8.32. The first kappa shape index (κ1) is 24.4. The number of esters is 1. The Bertz CT molecular complexity index is 896. The lowest BCUT2D eigenvalue weighted by atomic mass is 10.0. The zero-order valence-corrected chi connectivity index (χ0v) is 19.3. The molecule has 1 amide bonds. The Hall–Kier alpha value is -2.83. The lowest BCUT2D eigenvalue weighted by molar-refractivity contribution is -0.131. The lowest BCUT2D eigenvalue weighted by Crippen LogP contribution is -2.35. The number of amides is 1. The first-order valence-corrected chi connectivity index (χ1v) is 11.0. The van der Waals surface area contributed by atoms with Gasteiger partial charge in [0.25, 0.3) is 0 Å². The minimum Gasteiger partial charge on any atom is -0.467 e. The Morgan fingerprint density at radius 2 is 1.87 bits per heavy atom. The van der Waals surface area contributed by atoms with E-state index in [2.05, 4.69) is 6.92 Å². The Kier molecular flexibility index (Phi) is 9.09. The molecule has 7 nitrogen and oxygen atoms in total. The number of furan rings is 1. The van der Waals surface area contributed by atoms with Crippen LogP contribution in [0.15, 0.2) is 22.8 Å². The van der Waals surface area contributed by atoms with E-state index in [0.29, 0.717) is 41.2 Å². The average Bonchev–Trinajstić information content (AvgIpc) is 3.35. The number of nitrogens with zero attached hydrogens (tertiary/aromatic N) is 2. The van der Waals surface area contributed by atoms with Gasteiger partial charge < -0.3 is 18.6 Å². The quantitative estimate of drug-likeness (QED) is 0.277. The maximum Gasteiger partial charge on any atom is 0.354 e. The molecule has 2 aromatic heterocycles. The molecule has 0 aliphatic heterocycles. The van der Waals surface area contributed by atoms with Crippen LogP contribution in [0.25, 0.3) is 0 Å². The monoisotopic (exact) mass is 430 g/mol. The Balaban J connectivity index is 2.27. The summed E-state index contributed by atoms with van der Waals surface area (Å²) in [6, 6.07) is 3.56. The van der Waals surface area contributed by atoms with Crippen molar-refractivity contribution < 1.29 is 23.5 Å². The topological polar surface area (TPSA) is 81.8 Å². The normalized spacial score (nSPS) is 10.9. The zero-order chi connectivity index (χ0) is 23.0. The number of hydrogen-bond acceptors (Lipinski definition) is 5. The number of ether oxygens (including phenoxy) is 1. The third kappa shape index (κ3) is 5.87. The highest BCUT2D eigenvalue weighted by Crippen LogP contribution is 2.24. The van der Waals surface area contributed by atoms with E-state index in [4.69, 9.17) is 9.15 Å². The molecule has 0 bridgehead atoms. The van der Waals surface area contributed by atoms with Crippen LogP contribution in [0.1, 0.15) is 83.8 Å². The second kappa shape index (κ2) is 11.5. The third-order valence-corrected chi connectivity index (χ3v) is 5.60. The van der Waals surface area contributed by atoms with Crippen LogP contribution in [0, 0.1) is 13.8 Å². The van der Waals surface area contributed by atoms with Crippen molar-refractivity contribution in [2.45, 2.75) is 72.9 Å². The van der Waals surface area contributed by atoms with E-state index in [1.165, 1.54) is 7.11 Å². The largest absolute Gasteiger partial charge is 0.467 e. The van der Waals surface area contributed by atoms with Crippen LogP contribution in [-0.4, -0.2) is 40.8 Å². The molecule has 170 valence electrons. The zero-order valence-electron chi connectivity index (χ0n) is 19.3. The molecule has 0 saturated carbocycles. The van der Waals surface area contributed by atoms with Crippen molar-refractivity contribution >= 4 is 17.7 Å². The van der Waals surface area contributed by atoms with Crippen LogP contribution in [0.5, 0.6) is 0 Å². The van der Waals surface area contributed by atoms with Crippen LogP contribution >= 0.6 is 0 Å². The van der Waals surface area contributed by atoms with Crippen LogP contribution in [-0.2, 0) is 22.6 Å². The first-order valence-electron chi connectivity index (χ1n) is 11.0. The summed E-state index contributed by atoms with van der Waals surface area (Å²) in [5, 5.41) is 0. The average molecular weight is 431 g/mol. The minimum atomic E-state index is -0.471. The van der Waals surface area contributed by atoms with Gasteiger partial charge in [-0.05, 0) is 44.9 Å². The molecule has 0 spiro atoms. The highest BCUT2D eigenvalue weighted by atomic mass is 16.5. The van der Waals surface area contributed by atoms with E-state index in [1.807, 2.05) is 13.8 Å². The molecule has 0 fully saturated rings. The van der Waals surface area contributed by atoms with E-state index in [-0.39, 0.29) is 24.8 Å². The number of rotatable bonds is 12. The summed E-state index contributed by atoms with van der Waals surface area (Å²) in [6.07, 6.45) is 5.92. The van der Waals surface area contributed by atoms with E-state index < -0.39 is 5.97 Å². The summed E-state index contributed by atoms with van der Waals surface area (Å²) in [5.41, 5.74) is 2.16. The van der Waals surface area contributed by atoms with Gasteiger partial charge in [-0.3, -0.25) is 9.59 Å². The van der Waals surface area contributed by atoms with Crippen molar-refractivity contribution in [3.8, 4) is 0 Å². The second-order valence-electron chi connectivity index (χ2n) is 7.73. The van der Waals surface area contributed by atoms with Gasteiger partial charge in [-0.1, -0.05) is 26.2 Å². The predicted octanol–water partition coefficient (Wildman–Crippen LogP) is 4.69. The number of methoxy groups -OCH3 is 1. The molecular formula is C24H34N2O5. The number of Topliss-reactive ketones (excluding diaryl/α,β-unsaturated/α-hetero) is 1. The second-order valence-corrected chi connectivity index (χ2v) is 7.73. The molecular weight excluding hydrogens is 396 g/mol. The van der Waals surface area contributed by atoms with Crippen molar-refractivity contribution in [3.63, 3.8) is 0 Å². The Morgan fingerprint density at radius 3 is 2.45 bits per heavy atom. The third-order valence-electron chi connectivity index (χ3n) is 5.60. The summed E-state index contributed by atoms with van der Waals surface area (Å²) in [5.74, 6) is -0.106. The van der Waals surface area contributed by atoms with E-state index in [1.54, 1.807) is 34.8 Å². The van der Waals surface area contributed by atoms with E-state index >= 15 is 0 Å². The molecule has 0 radical (unpaired) electrons. The van der Waals surface area contributed by atoms with Gasteiger partial charge in [0.05, 0.1) is 26.5 Å². The van der Waals surface area contributed by atoms with E-state index in [9.17, 15) is 14.4 Å². The minimum absolute atomic E-state index is 0.0661. The number of hydrogen-bond donors (Lipinski definition) is 0. The summed E-state index contributed by atoms with van der Waals surface area (Å²) in [7, 11) is 1.33. The molecule has 0 unspecified atom stereocenters. The summed E-state index contributed by atoms with van der Waals surface area (Å²) >= 11 is 0. The highest BCUT2D eigenvalue weighted by molar-refractivity contribution is 6.04. The number of ketones is 1. The molecule has 2 aromatic rings.